The molecule has 0 fully saturated rings. The third-order valence-electron chi connectivity index (χ3n) is 3.87. The number of amides is 1. The van der Waals surface area contributed by atoms with Crippen molar-refractivity contribution in [2.24, 2.45) is 0 Å². The van der Waals surface area contributed by atoms with Crippen LogP contribution in [0.3, 0.4) is 0 Å². The summed E-state index contributed by atoms with van der Waals surface area (Å²) in [6.45, 7) is 6.93. The molecule has 2 aromatic carbocycles. The number of carbonyl (C=O) groups excluding carboxylic acids is 1. The average molecular weight is 425 g/mol. The van der Waals surface area contributed by atoms with E-state index in [2.05, 4.69) is 20.7 Å². The number of hydrogen-bond acceptors (Lipinski definition) is 3. The Hall–Kier alpha value is -1.86. The van der Waals surface area contributed by atoms with Gasteiger partial charge in [0, 0.05) is 28.8 Å². The molecule has 0 spiro atoms. The molecule has 1 amide bonds. The van der Waals surface area contributed by atoms with E-state index in [0.717, 1.165) is 10.0 Å². The molecule has 0 radical (unpaired) electrons. The minimum atomic E-state index is -3.68. The summed E-state index contributed by atoms with van der Waals surface area (Å²) in [5.41, 5.74) is 1.78. The molecule has 134 valence electrons. The van der Waals surface area contributed by atoms with Crippen molar-refractivity contribution in [2.75, 3.05) is 17.8 Å². The summed E-state index contributed by atoms with van der Waals surface area (Å²) in [6, 6.07) is 11.3. The van der Waals surface area contributed by atoms with E-state index in [0.29, 0.717) is 24.3 Å². The summed E-state index contributed by atoms with van der Waals surface area (Å²) in [5, 5.41) is 0. The van der Waals surface area contributed by atoms with Gasteiger partial charge in [-0.25, -0.2) is 8.42 Å². The molecular weight excluding hydrogens is 404 g/mol. The predicted molar refractivity (Wildman–Crippen MR) is 103 cm³/mol. The van der Waals surface area contributed by atoms with Gasteiger partial charge in [0.05, 0.1) is 4.90 Å². The first-order valence-corrected chi connectivity index (χ1v) is 10.2. The van der Waals surface area contributed by atoms with Crippen molar-refractivity contribution in [2.45, 2.75) is 25.7 Å². The maximum atomic E-state index is 12.5. The molecule has 25 heavy (non-hydrogen) atoms. The second-order valence-electron chi connectivity index (χ2n) is 5.57. The number of aryl methyl sites for hydroxylation is 1. The summed E-state index contributed by atoms with van der Waals surface area (Å²) in [5.74, 6) is -0.0667. The molecule has 0 saturated heterocycles. The number of benzene rings is 2. The van der Waals surface area contributed by atoms with Crippen molar-refractivity contribution in [1.29, 1.82) is 0 Å². The van der Waals surface area contributed by atoms with Crippen molar-refractivity contribution in [3.05, 3.63) is 58.1 Å². The molecule has 0 atom stereocenters. The molecule has 2 aromatic rings. The zero-order chi connectivity index (χ0) is 18.6. The molecule has 0 bridgehead atoms. The second-order valence-corrected chi connectivity index (χ2v) is 8.11. The number of carbonyl (C=O) groups is 1. The number of hydrogen-bond donors (Lipinski definition) is 1. The van der Waals surface area contributed by atoms with Crippen LogP contribution < -0.4 is 4.72 Å². The highest BCUT2D eigenvalue weighted by Gasteiger charge is 2.16. The minimum Gasteiger partial charge on any atom is -0.339 e. The van der Waals surface area contributed by atoms with Gasteiger partial charge in [-0.15, -0.1) is 0 Å². The summed E-state index contributed by atoms with van der Waals surface area (Å²) in [7, 11) is -3.68. The zero-order valence-corrected chi connectivity index (χ0v) is 16.8. The van der Waals surface area contributed by atoms with Gasteiger partial charge in [0.1, 0.15) is 0 Å². The number of nitrogens with one attached hydrogen (secondary N) is 1. The van der Waals surface area contributed by atoms with E-state index in [-0.39, 0.29) is 10.8 Å². The van der Waals surface area contributed by atoms with Crippen LogP contribution in [0.5, 0.6) is 0 Å². The maximum Gasteiger partial charge on any atom is 0.261 e. The van der Waals surface area contributed by atoms with Crippen molar-refractivity contribution in [1.82, 2.24) is 4.90 Å². The van der Waals surface area contributed by atoms with Crippen LogP contribution in [0, 0.1) is 6.92 Å². The van der Waals surface area contributed by atoms with E-state index in [9.17, 15) is 13.2 Å². The van der Waals surface area contributed by atoms with E-state index in [1.807, 2.05) is 20.8 Å². The van der Waals surface area contributed by atoms with Crippen molar-refractivity contribution < 1.29 is 13.2 Å². The smallest absolute Gasteiger partial charge is 0.261 e. The van der Waals surface area contributed by atoms with Crippen LogP contribution in [-0.2, 0) is 10.0 Å². The maximum absolute atomic E-state index is 12.5. The number of nitrogens with zero attached hydrogens (tertiary/aromatic N) is 1. The lowest BCUT2D eigenvalue weighted by atomic mass is 10.2. The van der Waals surface area contributed by atoms with E-state index < -0.39 is 10.0 Å². The first-order chi connectivity index (χ1) is 11.8. The summed E-state index contributed by atoms with van der Waals surface area (Å²) < 4.78 is 28.4. The Bertz CT molecular complexity index is 860. The Morgan fingerprint density at radius 1 is 1.08 bits per heavy atom. The number of sulfonamides is 1. The van der Waals surface area contributed by atoms with Crippen LogP contribution in [0.1, 0.15) is 29.8 Å². The van der Waals surface area contributed by atoms with Gasteiger partial charge < -0.3 is 4.90 Å². The van der Waals surface area contributed by atoms with E-state index >= 15 is 0 Å². The Labute approximate surface area is 157 Å². The molecule has 1 N–H and O–H groups in total. The second kappa shape index (κ2) is 8.01. The van der Waals surface area contributed by atoms with Gasteiger partial charge in [0.2, 0.25) is 0 Å². The molecule has 5 nitrogen and oxygen atoms in total. The largest absolute Gasteiger partial charge is 0.339 e. The van der Waals surface area contributed by atoms with Gasteiger partial charge in [-0.2, -0.15) is 0 Å². The van der Waals surface area contributed by atoms with Gasteiger partial charge in [0.25, 0.3) is 15.9 Å². The lowest BCUT2D eigenvalue weighted by Gasteiger charge is -2.18. The number of halogens is 1. The molecular formula is C18H21BrN2O3S. The molecule has 0 aromatic heterocycles. The normalized spacial score (nSPS) is 11.2. The molecule has 0 aliphatic heterocycles. The Kier molecular flexibility index (Phi) is 6.24. The Morgan fingerprint density at radius 3 is 2.20 bits per heavy atom. The summed E-state index contributed by atoms with van der Waals surface area (Å²) in [4.78, 5) is 14.2. The Morgan fingerprint density at radius 2 is 1.68 bits per heavy atom. The molecule has 0 saturated carbocycles. The molecule has 7 heteroatoms. The van der Waals surface area contributed by atoms with Crippen molar-refractivity contribution in [3.8, 4) is 0 Å². The topological polar surface area (TPSA) is 66.5 Å². The Balaban J connectivity index is 2.20. The standard InChI is InChI=1S/C18H21BrN2O3S/c1-4-21(5-2)18(22)14-6-8-15(9-7-14)20-25(23,24)16-10-11-17(19)13(3)12-16/h6-12,20H,4-5H2,1-3H3. The van der Waals surface area contributed by atoms with Crippen LogP contribution in [0.25, 0.3) is 0 Å². The molecule has 0 aliphatic carbocycles. The van der Waals surface area contributed by atoms with Crippen LogP contribution in [-0.4, -0.2) is 32.3 Å². The van der Waals surface area contributed by atoms with Gasteiger partial charge in [-0.1, -0.05) is 15.9 Å². The average Bonchev–Trinajstić information content (AvgIpc) is 2.58. The fraction of sp³-hybridized carbons (Fsp3) is 0.278. The lowest BCUT2D eigenvalue weighted by Crippen LogP contribution is -2.30. The minimum absolute atomic E-state index is 0.0667. The van der Waals surface area contributed by atoms with Crippen LogP contribution in [0.4, 0.5) is 5.69 Å². The van der Waals surface area contributed by atoms with E-state index in [4.69, 9.17) is 0 Å². The highest BCUT2D eigenvalue weighted by Crippen LogP contribution is 2.22. The molecule has 2 rings (SSSR count). The van der Waals surface area contributed by atoms with Crippen LogP contribution >= 0.6 is 15.9 Å². The van der Waals surface area contributed by atoms with Crippen LogP contribution in [0.2, 0.25) is 0 Å². The monoisotopic (exact) mass is 424 g/mol. The van der Waals surface area contributed by atoms with Crippen molar-refractivity contribution >= 4 is 37.5 Å². The van der Waals surface area contributed by atoms with Crippen molar-refractivity contribution in [3.63, 3.8) is 0 Å². The number of rotatable bonds is 6. The third-order valence-corrected chi connectivity index (χ3v) is 6.14. The fourth-order valence-electron chi connectivity index (χ4n) is 2.37. The third kappa shape index (κ3) is 4.61. The van der Waals surface area contributed by atoms with Gasteiger partial charge in [-0.05, 0) is 68.8 Å². The van der Waals surface area contributed by atoms with Gasteiger partial charge >= 0.3 is 0 Å². The molecule has 0 aliphatic rings. The van der Waals surface area contributed by atoms with Gasteiger partial charge in [0.15, 0.2) is 0 Å². The SMILES string of the molecule is CCN(CC)C(=O)c1ccc(NS(=O)(=O)c2ccc(Br)c(C)c2)cc1. The van der Waals surface area contributed by atoms with E-state index in [1.54, 1.807) is 41.3 Å². The fourth-order valence-corrected chi connectivity index (χ4v) is 3.76. The predicted octanol–water partition coefficient (Wildman–Crippen LogP) is 4.04. The summed E-state index contributed by atoms with van der Waals surface area (Å²) >= 11 is 3.36. The molecule has 0 heterocycles. The highest BCUT2D eigenvalue weighted by atomic mass is 79.9. The quantitative estimate of drug-likeness (QED) is 0.760. The summed E-state index contributed by atoms with van der Waals surface area (Å²) in [6.07, 6.45) is 0. The lowest BCUT2D eigenvalue weighted by molar-refractivity contribution is 0.0773. The highest BCUT2D eigenvalue weighted by molar-refractivity contribution is 9.10. The van der Waals surface area contributed by atoms with E-state index in [1.165, 1.54) is 6.07 Å². The van der Waals surface area contributed by atoms with Crippen LogP contribution in [0.15, 0.2) is 51.8 Å². The molecule has 0 unspecified atom stereocenters. The first kappa shape index (κ1) is 19.5. The first-order valence-electron chi connectivity index (χ1n) is 7.96. The van der Waals surface area contributed by atoms with Gasteiger partial charge in [-0.3, -0.25) is 9.52 Å². The zero-order valence-electron chi connectivity index (χ0n) is 14.4. The number of anilines is 1.